The van der Waals surface area contributed by atoms with Crippen LogP contribution in [0, 0.1) is 0 Å². The normalized spacial score (nSPS) is 17.7. The fourth-order valence-electron chi connectivity index (χ4n) is 5.78. The zero-order chi connectivity index (χ0) is 44.7. The van der Waals surface area contributed by atoms with E-state index >= 15 is 0 Å². The lowest BCUT2D eigenvalue weighted by Crippen LogP contribution is -2.37. The third-order valence-corrected chi connectivity index (χ3v) is 10.5. The number of ether oxygens (including phenoxy) is 3. The number of rotatable bonds is 39. The fourth-order valence-corrected chi connectivity index (χ4v) is 6.51. The van der Waals surface area contributed by atoms with Crippen molar-refractivity contribution in [1.82, 2.24) is 0 Å². The van der Waals surface area contributed by atoms with Gasteiger partial charge in [-0.25, -0.2) is 0 Å². The van der Waals surface area contributed by atoms with Gasteiger partial charge in [-0.1, -0.05) is 137 Å². The van der Waals surface area contributed by atoms with Crippen LogP contribution in [0.3, 0.4) is 0 Å². The Balaban J connectivity index is 2.39. The molecule has 1 rings (SSSR count). The van der Waals surface area contributed by atoms with Crippen molar-refractivity contribution in [2.45, 2.75) is 161 Å². The van der Waals surface area contributed by atoms with E-state index in [0.29, 0.717) is 30.3 Å². The molecule has 10 nitrogen and oxygen atoms in total. The molecule has 0 amide bonds. The molecule has 0 radical (unpaired) electrons. The van der Waals surface area contributed by atoms with Crippen LogP contribution < -0.4 is 4.89 Å². The summed E-state index contributed by atoms with van der Waals surface area (Å²) in [7, 11) is 1.06. The Morgan fingerprint density at radius 2 is 1.10 bits per heavy atom. The van der Waals surface area contributed by atoms with Crippen molar-refractivity contribution >= 4 is 19.8 Å². The summed E-state index contributed by atoms with van der Waals surface area (Å²) in [6, 6.07) is 0. The fraction of sp³-hybridized carbons (Fsp3) is 0.640. The summed E-state index contributed by atoms with van der Waals surface area (Å²) in [5.41, 5.74) is 0. The standard InChI is InChI=1S/C50H82NO9P/c1-6-8-10-12-14-16-18-20-21-22-23-24-25-26-28-30-32-34-36-40-49(52)56-44-46(45-58-61(54,55)57-43-42-51(3,4)5)59-50(53)41-37-39-48-47(60-48)38-35-33-31-29-27-19-17-15-13-11-9-7-2/h14-17,20-21,23-24,26-29,32-35,46-48H,6-13,18-19,22,25,30-31,36-45H2,1-5H3/b16-14-,17-15-,21-20-,24-23-,28-26-,29-27-,34-32-,35-33-/t46-,47?,48?/m1/s1. The van der Waals surface area contributed by atoms with Crippen LogP contribution in [0.15, 0.2) is 97.2 Å². The van der Waals surface area contributed by atoms with Crippen LogP contribution in [0.5, 0.6) is 0 Å². The Hall–Kier alpha value is -3.11. The SMILES string of the molecule is CCCCC/C=C\C/C=C\C/C=C\C/C=C\C/C=C\CCC(=O)OC[C@H](COP(=O)([O-])OCC[N+](C)(C)C)OC(=O)CCCC1OC1C/C=C\C/C=C\C/C=C\CCCCC. The maximum absolute atomic E-state index is 12.8. The van der Waals surface area contributed by atoms with Crippen LogP contribution in [0.4, 0.5) is 0 Å². The second-order valence-corrected chi connectivity index (χ2v) is 17.9. The molecular formula is C50H82NO9P. The highest BCUT2D eigenvalue weighted by atomic mass is 31.2. The minimum atomic E-state index is -4.67. The van der Waals surface area contributed by atoms with Crippen LogP contribution >= 0.6 is 7.82 Å². The minimum Gasteiger partial charge on any atom is -0.756 e. The summed E-state index contributed by atoms with van der Waals surface area (Å²) in [6.45, 7) is 3.97. The highest BCUT2D eigenvalue weighted by Gasteiger charge is 2.36. The van der Waals surface area contributed by atoms with Crippen molar-refractivity contribution in [3.8, 4) is 0 Å². The van der Waals surface area contributed by atoms with E-state index in [2.05, 4.69) is 98.9 Å². The van der Waals surface area contributed by atoms with Gasteiger partial charge >= 0.3 is 11.9 Å². The van der Waals surface area contributed by atoms with Crippen molar-refractivity contribution in [3.63, 3.8) is 0 Å². The smallest absolute Gasteiger partial charge is 0.306 e. The van der Waals surface area contributed by atoms with Gasteiger partial charge in [0.2, 0.25) is 0 Å². The number of carbonyl (C=O) groups is 2. The molecule has 3 unspecified atom stereocenters. The molecule has 0 N–H and O–H groups in total. The lowest BCUT2D eigenvalue weighted by atomic mass is 10.1. The lowest BCUT2D eigenvalue weighted by Gasteiger charge is -2.28. The van der Waals surface area contributed by atoms with Gasteiger partial charge in [0.05, 0.1) is 40.0 Å². The van der Waals surface area contributed by atoms with E-state index in [-0.39, 0.29) is 38.3 Å². The van der Waals surface area contributed by atoms with Crippen LogP contribution in [0.2, 0.25) is 0 Å². The average Bonchev–Trinajstić information content (AvgIpc) is 3.97. The third-order valence-electron chi connectivity index (χ3n) is 9.51. The average molecular weight is 872 g/mol. The monoisotopic (exact) mass is 872 g/mol. The van der Waals surface area contributed by atoms with Gasteiger partial charge in [0.15, 0.2) is 6.10 Å². The number of carbonyl (C=O) groups excluding carboxylic acids is 2. The Bertz CT molecular complexity index is 1420. The van der Waals surface area contributed by atoms with E-state index in [1.807, 2.05) is 33.3 Å². The first-order chi connectivity index (χ1) is 29.5. The Morgan fingerprint density at radius 3 is 1.61 bits per heavy atom. The van der Waals surface area contributed by atoms with Crippen molar-refractivity contribution in [1.29, 1.82) is 0 Å². The first-order valence-electron chi connectivity index (χ1n) is 23.1. The van der Waals surface area contributed by atoms with Gasteiger partial charge in [-0.2, -0.15) is 0 Å². The highest BCUT2D eigenvalue weighted by Crippen LogP contribution is 2.38. The number of epoxide rings is 1. The van der Waals surface area contributed by atoms with Gasteiger partial charge in [0.1, 0.15) is 19.8 Å². The predicted octanol–water partition coefficient (Wildman–Crippen LogP) is 11.7. The van der Waals surface area contributed by atoms with Crippen molar-refractivity contribution in [2.75, 3.05) is 47.5 Å². The molecule has 1 aliphatic heterocycles. The molecule has 61 heavy (non-hydrogen) atoms. The van der Waals surface area contributed by atoms with Gasteiger partial charge in [0, 0.05) is 12.8 Å². The summed E-state index contributed by atoms with van der Waals surface area (Å²) in [4.78, 5) is 37.7. The number of allylic oxidation sites excluding steroid dienone is 15. The van der Waals surface area contributed by atoms with Crippen molar-refractivity contribution in [3.05, 3.63) is 97.2 Å². The zero-order valence-electron chi connectivity index (χ0n) is 38.5. The molecule has 0 aromatic rings. The molecule has 0 aliphatic carbocycles. The van der Waals surface area contributed by atoms with Gasteiger partial charge < -0.3 is 32.6 Å². The highest BCUT2D eigenvalue weighted by molar-refractivity contribution is 7.45. The molecule has 1 heterocycles. The molecule has 0 aromatic heterocycles. The first-order valence-corrected chi connectivity index (χ1v) is 24.5. The second kappa shape index (κ2) is 37.4. The number of nitrogens with zero attached hydrogens (tertiary/aromatic N) is 1. The Kier molecular flexibility index (Phi) is 34.3. The number of phosphoric ester groups is 1. The van der Waals surface area contributed by atoms with E-state index in [0.717, 1.165) is 51.4 Å². The molecular weight excluding hydrogens is 790 g/mol. The number of likely N-dealkylation sites (N-methyl/N-ethyl adjacent to an activating group) is 1. The summed E-state index contributed by atoms with van der Waals surface area (Å²) in [6.07, 6.45) is 51.8. The molecule has 1 aliphatic rings. The van der Waals surface area contributed by atoms with E-state index < -0.39 is 32.5 Å². The molecule has 4 atom stereocenters. The third kappa shape index (κ3) is 38.3. The van der Waals surface area contributed by atoms with Gasteiger partial charge in [-0.05, 0) is 89.9 Å². The van der Waals surface area contributed by atoms with Gasteiger partial charge in [0.25, 0.3) is 7.82 Å². The number of phosphoric acid groups is 1. The predicted molar refractivity (Wildman–Crippen MR) is 249 cm³/mol. The number of quaternary nitrogens is 1. The summed E-state index contributed by atoms with van der Waals surface area (Å²) in [5, 5.41) is 0. The van der Waals surface area contributed by atoms with Gasteiger partial charge in [-0.3, -0.25) is 14.2 Å². The Labute approximate surface area is 370 Å². The summed E-state index contributed by atoms with van der Waals surface area (Å²) >= 11 is 0. The first kappa shape index (κ1) is 55.9. The van der Waals surface area contributed by atoms with Crippen LogP contribution in [-0.4, -0.2) is 82.2 Å². The van der Waals surface area contributed by atoms with Crippen LogP contribution in [0.25, 0.3) is 0 Å². The number of hydrogen-bond acceptors (Lipinski definition) is 9. The number of unbranched alkanes of at least 4 members (excludes halogenated alkanes) is 6. The van der Waals surface area contributed by atoms with Crippen LogP contribution in [0.1, 0.15) is 142 Å². The van der Waals surface area contributed by atoms with Crippen molar-refractivity contribution in [2.24, 2.45) is 0 Å². The van der Waals surface area contributed by atoms with Crippen LogP contribution in [-0.2, 0) is 37.4 Å². The van der Waals surface area contributed by atoms with E-state index in [4.69, 9.17) is 23.3 Å². The molecule has 11 heteroatoms. The molecule has 346 valence electrons. The number of esters is 2. The molecule has 0 aromatic carbocycles. The van der Waals surface area contributed by atoms with Gasteiger partial charge in [-0.15, -0.1) is 0 Å². The largest absolute Gasteiger partial charge is 0.756 e. The molecule has 1 saturated heterocycles. The second-order valence-electron chi connectivity index (χ2n) is 16.4. The topological polar surface area (TPSA) is 124 Å². The minimum absolute atomic E-state index is 0.0617. The Morgan fingerprint density at radius 1 is 0.607 bits per heavy atom. The summed E-state index contributed by atoms with van der Waals surface area (Å²) < 4.78 is 39.6. The van der Waals surface area contributed by atoms with E-state index in [1.54, 1.807) is 0 Å². The lowest BCUT2D eigenvalue weighted by molar-refractivity contribution is -0.870. The summed E-state index contributed by atoms with van der Waals surface area (Å²) in [5.74, 6) is -1.02. The molecule has 0 spiro atoms. The molecule has 0 saturated carbocycles. The van der Waals surface area contributed by atoms with E-state index in [1.165, 1.54) is 44.9 Å². The quantitative estimate of drug-likeness (QED) is 0.0148. The van der Waals surface area contributed by atoms with Crippen molar-refractivity contribution < 1.29 is 46.8 Å². The zero-order valence-corrected chi connectivity index (χ0v) is 39.4. The maximum atomic E-state index is 12.8. The van der Waals surface area contributed by atoms with E-state index in [9.17, 15) is 19.0 Å². The maximum Gasteiger partial charge on any atom is 0.306 e. The molecule has 0 bridgehead atoms. The molecule has 1 fully saturated rings. The number of hydrogen-bond donors (Lipinski definition) is 0.